The summed E-state index contributed by atoms with van der Waals surface area (Å²) in [5.41, 5.74) is 9.24. The molecule has 6 nitrogen and oxygen atoms in total. The topological polar surface area (TPSA) is 90.5 Å². The van der Waals surface area contributed by atoms with E-state index in [4.69, 9.17) is 11.6 Å². The average molecular weight is 460 g/mol. The first-order chi connectivity index (χ1) is 15.8. The number of fused-ring (bicyclic) bond motifs is 1. The maximum absolute atomic E-state index is 13.1. The fourth-order valence-corrected chi connectivity index (χ4v) is 3.74. The van der Waals surface area contributed by atoms with Gasteiger partial charge in [-0.1, -0.05) is 35.9 Å². The molecule has 1 amide bonds. The number of nitrogens with one attached hydrogen (secondary N) is 3. The van der Waals surface area contributed by atoms with Crippen LogP contribution < -0.4 is 16.2 Å². The van der Waals surface area contributed by atoms with E-state index in [1.807, 2.05) is 31.2 Å². The standard InChI is InChI=1S/C26H22ClN3O3/c1-15-13-19(27)9-12-23(15)28-26(33)22-14-18-5-3-4-6-21(18)24(25(22)32)30-29-20-10-7-17(8-11-20)16(2)31/h3-14,29-30,32H,1-2H3,(H,28,33). The highest BCUT2D eigenvalue weighted by molar-refractivity contribution is 6.30. The number of benzene rings is 4. The Morgan fingerprint density at radius 2 is 1.64 bits per heavy atom. The van der Waals surface area contributed by atoms with Crippen LogP contribution >= 0.6 is 11.6 Å². The highest BCUT2D eigenvalue weighted by atomic mass is 35.5. The molecule has 4 aromatic rings. The lowest BCUT2D eigenvalue weighted by atomic mass is 10.0. The van der Waals surface area contributed by atoms with Crippen LogP contribution in [0.4, 0.5) is 17.1 Å². The minimum Gasteiger partial charge on any atom is -0.505 e. The molecule has 0 aromatic heterocycles. The van der Waals surface area contributed by atoms with Gasteiger partial charge in [0.25, 0.3) is 5.91 Å². The first kappa shape index (κ1) is 22.2. The van der Waals surface area contributed by atoms with Crippen LogP contribution in [0.5, 0.6) is 5.75 Å². The zero-order chi connectivity index (χ0) is 23.5. The SMILES string of the molecule is CC(=O)c1ccc(NNc2c(O)c(C(=O)Nc3ccc(Cl)cc3C)cc3ccccc23)cc1. The van der Waals surface area contributed by atoms with Crippen LogP contribution in [-0.2, 0) is 0 Å². The largest absolute Gasteiger partial charge is 0.505 e. The molecular weight excluding hydrogens is 438 g/mol. The molecule has 0 aliphatic heterocycles. The minimum atomic E-state index is -0.447. The number of Topliss-reactive ketones (excluding diaryl/α,β-unsaturated/α-hetero) is 1. The number of hydrogen-bond acceptors (Lipinski definition) is 5. The second-order valence-corrected chi connectivity index (χ2v) is 8.10. The number of hydrazine groups is 1. The van der Waals surface area contributed by atoms with Crippen molar-refractivity contribution in [2.24, 2.45) is 0 Å². The third kappa shape index (κ3) is 4.76. The molecule has 0 heterocycles. The lowest BCUT2D eigenvalue weighted by molar-refractivity contribution is 0.101. The highest BCUT2D eigenvalue weighted by Crippen LogP contribution is 2.36. The van der Waals surface area contributed by atoms with Crippen molar-refractivity contribution in [2.75, 3.05) is 16.2 Å². The van der Waals surface area contributed by atoms with E-state index in [1.54, 1.807) is 48.5 Å². The van der Waals surface area contributed by atoms with Crippen molar-refractivity contribution in [1.29, 1.82) is 0 Å². The maximum Gasteiger partial charge on any atom is 0.259 e. The van der Waals surface area contributed by atoms with E-state index in [-0.39, 0.29) is 17.1 Å². The van der Waals surface area contributed by atoms with Gasteiger partial charge in [0.1, 0.15) is 5.69 Å². The Kier molecular flexibility index (Phi) is 6.20. The summed E-state index contributed by atoms with van der Waals surface area (Å²) >= 11 is 6.01. The van der Waals surface area contributed by atoms with Crippen molar-refractivity contribution in [3.8, 4) is 5.75 Å². The number of ketones is 1. The van der Waals surface area contributed by atoms with Gasteiger partial charge in [0.2, 0.25) is 0 Å². The van der Waals surface area contributed by atoms with Crippen molar-refractivity contribution in [1.82, 2.24) is 0 Å². The monoisotopic (exact) mass is 459 g/mol. The fourth-order valence-electron chi connectivity index (χ4n) is 3.52. The summed E-state index contributed by atoms with van der Waals surface area (Å²) in [5.74, 6) is -0.656. The van der Waals surface area contributed by atoms with Crippen molar-refractivity contribution in [3.05, 3.63) is 94.5 Å². The summed E-state index contributed by atoms with van der Waals surface area (Å²) in [5, 5.41) is 16.0. The van der Waals surface area contributed by atoms with Crippen LogP contribution in [0.2, 0.25) is 5.02 Å². The number of aryl methyl sites for hydroxylation is 1. The maximum atomic E-state index is 13.1. The zero-order valence-electron chi connectivity index (χ0n) is 18.1. The number of hydrogen-bond donors (Lipinski definition) is 4. The van der Waals surface area contributed by atoms with Gasteiger partial charge in [-0.2, -0.15) is 0 Å². The molecule has 0 atom stereocenters. The molecule has 0 saturated heterocycles. The lowest BCUT2D eigenvalue weighted by Crippen LogP contribution is -2.15. The van der Waals surface area contributed by atoms with Crippen molar-refractivity contribution in [3.63, 3.8) is 0 Å². The molecular formula is C26H22ClN3O3. The molecule has 4 aromatic carbocycles. The van der Waals surface area contributed by atoms with Crippen LogP contribution in [0.25, 0.3) is 10.8 Å². The van der Waals surface area contributed by atoms with E-state index in [0.29, 0.717) is 27.6 Å². The van der Waals surface area contributed by atoms with E-state index in [1.165, 1.54) is 6.92 Å². The summed E-state index contributed by atoms with van der Waals surface area (Å²) in [6, 6.07) is 21.2. The number of amides is 1. The first-order valence-corrected chi connectivity index (χ1v) is 10.7. The van der Waals surface area contributed by atoms with Crippen LogP contribution in [0.15, 0.2) is 72.8 Å². The van der Waals surface area contributed by atoms with Gasteiger partial charge in [-0.15, -0.1) is 0 Å². The van der Waals surface area contributed by atoms with Gasteiger partial charge < -0.3 is 15.8 Å². The molecule has 0 spiro atoms. The molecule has 33 heavy (non-hydrogen) atoms. The number of phenols is 1. The Morgan fingerprint density at radius 3 is 2.33 bits per heavy atom. The quantitative estimate of drug-likeness (QED) is 0.152. The van der Waals surface area contributed by atoms with Crippen molar-refractivity contribution in [2.45, 2.75) is 13.8 Å². The van der Waals surface area contributed by atoms with Crippen LogP contribution in [0.3, 0.4) is 0 Å². The van der Waals surface area contributed by atoms with Crippen LogP contribution in [0, 0.1) is 6.92 Å². The second kappa shape index (κ2) is 9.22. The van der Waals surface area contributed by atoms with Gasteiger partial charge in [-0.3, -0.25) is 15.0 Å². The Bertz CT molecular complexity index is 1370. The first-order valence-electron chi connectivity index (χ1n) is 10.3. The van der Waals surface area contributed by atoms with Gasteiger partial charge in [-0.25, -0.2) is 0 Å². The van der Waals surface area contributed by atoms with Crippen molar-refractivity contribution >= 4 is 51.1 Å². The van der Waals surface area contributed by atoms with E-state index in [0.717, 1.165) is 16.3 Å². The van der Waals surface area contributed by atoms with E-state index in [2.05, 4.69) is 16.2 Å². The highest BCUT2D eigenvalue weighted by Gasteiger charge is 2.19. The molecule has 0 fully saturated rings. The molecule has 0 unspecified atom stereocenters. The molecule has 0 aliphatic carbocycles. The van der Waals surface area contributed by atoms with Crippen LogP contribution in [0.1, 0.15) is 33.2 Å². The summed E-state index contributed by atoms with van der Waals surface area (Å²) < 4.78 is 0. The molecule has 166 valence electrons. The summed E-state index contributed by atoms with van der Waals surface area (Å²) in [6.45, 7) is 3.35. The Hall–Kier alpha value is -4.03. The Balaban J connectivity index is 1.66. The van der Waals surface area contributed by atoms with Gasteiger partial charge in [0.05, 0.1) is 11.3 Å². The van der Waals surface area contributed by atoms with E-state index >= 15 is 0 Å². The lowest BCUT2D eigenvalue weighted by Gasteiger charge is -2.17. The normalized spacial score (nSPS) is 10.6. The number of anilines is 3. The summed E-state index contributed by atoms with van der Waals surface area (Å²) in [7, 11) is 0. The van der Waals surface area contributed by atoms with E-state index in [9.17, 15) is 14.7 Å². The molecule has 7 heteroatoms. The predicted molar refractivity (Wildman–Crippen MR) is 133 cm³/mol. The number of aromatic hydroxyl groups is 1. The molecule has 0 bridgehead atoms. The minimum absolute atomic E-state index is 0.0206. The molecule has 0 aliphatic rings. The second-order valence-electron chi connectivity index (χ2n) is 7.67. The molecule has 0 radical (unpaired) electrons. The summed E-state index contributed by atoms with van der Waals surface area (Å²) in [6.07, 6.45) is 0. The number of phenolic OH excluding ortho intramolecular Hbond substituents is 1. The number of rotatable bonds is 6. The van der Waals surface area contributed by atoms with Crippen LogP contribution in [-0.4, -0.2) is 16.8 Å². The average Bonchev–Trinajstić information content (AvgIpc) is 2.80. The van der Waals surface area contributed by atoms with Gasteiger partial charge in [0.15, 0.2) is 11.5 Å². The van der Waals surface area contributed by atoms with Gasteiger partial charge >= 0.3 is 0 Å². The predicted octanol–water partition coefficient (Wildman–Crippen LogP) is 6.40. The smallest absolute Gasteiger partial charge is 0.259 e. The molecule has 0 saturated carbocycles. The van der Waals surface area contributed by atoms with Gasteiger partial charge in [0, 0.05) is 21.7 Å². The Morgan fingerprint density at radius 1 is 0.909 bits per heavy atom. The third-order valence-corrected chi connectivity index (χ3v) is 5.56. The third-order valence-electron chi connectivity index (χ3n) is 5.33. The van der Waals surface area contributed by atoms with Gasteiger partial charge in [-0.05, 0) is 73.3 Å². The molecule has 4 rings (SSSR count). The summed E-state index contributed by atoms with van der Waals surface area (Å²) in [4.78, 5) is 24.5. The number of halogens is 1. The zero-order valence-corrected chi connectivity index (χ0v) is 18.8. The fraction of sp³-hybridized carbons (Fsp3) is 0.0769. The van der Waals surface area contributed by atoms with E-state index < -0.39 is 5.91 Å². The number of carbonyl (C=O) groups excluding carboxylic acids is 2. The molecule has 4 N–H and O–H groups in total. The number of carbonyl (C=O) groups is 2. The Labute approximate surface area is 196 Å². The van der Waals surface area contributed by atoms with Crippen molar-refractivity contribution < 1.29 is 14.7 Å².